The third kappa shape index (κ3) is 1.74. The lowest BCUT2D eigenvalue weighted by atomic mass is 10.2. The summed E-state index contributed by atoms with van der Waals surface area (Å²) >= 11 is 13.9. The molecule has 0 bridgehead atoms. The fourth-order valence-electron chi connectivity index (χ4n) is 1.89. The summed E-state index contributed by atoms with van der Waals surface area (Å²) in [6.07, 6.45) is 2.01. The Morgan fingerprint density at radius 2 is 2.00 bits per heavy atom. The van der Waals surface area contributed by atoms with Crippen molar-refractivity contribution in [1.29, 1.82) is 0 Å². The van der Waals surface area contributed by atoms with Crippen LogP contribution in [0.3, 0.4) is 0 Å². The van der Waals surface area contributed by atoms with Gasteiger partial charge in [-0.2, -0.15) is 0 Å². The molecule has 3 aromatic rings. The van der Waals surface area contributed by atoms with Crippen LogP contribution >= 0.6 is 34.5 Å². The molecule has 0 fully saturated rings. The van der Waals surface area contributed by atoms with E-state index in [0.29, 0.717) is 10.0 Å². The molecule has 0 amide bonds. The van der Waals surface area contributed by atoms with Gasteiger partial charge in [-0.05, 0) is 19.9 Å². The molecule has 0 aliphatic rings. The maximum absolute atomic E-state index is 6.22. The Kier molecular flexibility index (Phi) is 2.85. The summed E-state index contributed by atoms with van der Waals surface area (Å²) in [6, 6.07) is 5.60. The first-order valence-corrected chi connectivity index (χ1v) is 7.04. The zero-order valence-electron chi connectivity index (χ0n) is 9.87. The van der Waals surface area contributed by atoms with Crippen LogP contribution in [0.1, 0.15) is 10.6 Å². The monoisotopic (exact) mass is 296 g/mol. The largest absolute Gasteiger partial charge is 0.294 e. The average molecular weight is 297 g/mol. The predicted molar refractivity (Wildman–Crippen MR) is 78.0 cm³/mol. The highest BCUT2D eigenvalue weighted by Crippen LogP contribution is 2.34. The third-order valence-corrected chi connectivity index (χ3v) is 4.91. The van der Waals surface area contributed by atoms with E-state index < -0.39 is 0 Å². The molecule has 2 aromatic heterocycles. The molecule has 3 rings (SSSR count). The Labute approximate surface area is 119 Å². The number of nitrogens with zero attached hydrogens (tertiary/aromatic N) is 2. The maximum atomic E-state index is 6.22. The number of fused-ring (bicyclic) bond motifs is 1. The van der Waals surface area contributed by atoms with E-state index in [1.165, 1.54) is 10.6 Å². The van der Waals surface area contributed by atoms with E-state index in [0.717, 1.165) is 16.2 Å². The van der Waals surface area contributed by atoms with Gasteiger partial charge in [0.25, 0.3) is 0 Å². The molecule has 2 nitrogen and oxygen atoms in total. The van der Waals surface area contributed by atoms with Crippen molar-refractivity contribution < 1.29 is 0 Å². The Balaban J connectivity index is 2.23. The van der Waals surface area contributed by atoms with Gasteiger partial charge in [0, 0.05) is 22.3 Å². The highest BCUT2D eigenvalue weighted by atomic mass is 35.5. The van der Waals surface area contributed by atoms with Crippen molar-refractivity contribution in [2.24, 2.45) is 0 Å². The van der Waals surface area contributed by atoms with E-state index in [2.05, 4.69) is 23.2 Å². The molecular weight excluding hydrogens is 287 g/mol. The number of benzene rings is 1. The van der Waals surface area contributed by atoms with Gasteiger partial charge in [0.15, 0.2) is 4.96 Å². The molecule has 1 aromatic carbocycles. The minimum atomic E-state index is 0.554. The van der Waals surface area contributed by atoms with Gasteiger partial charge in [0.1, 0.15) is 0 Å². The van der Waals surface area contributed by atoms with Crippen molar-refractivity contribution in [2.45, 2.75) is 13.8 Å². The SMILES string of the molecule is Cc1sc2nc(-c3cccc(Cl)c3Cl)cn2c1C. The fourth-order valence-corrected chi connectivity index (χ4v) is 3.24. The molecule has 0 spiro atoms. The summed E-state index contributed by atoms with van der Waals surface area (Å²) in [7, 11) is 0. The molecule has 0 unspecified atom stereocenters. The van der Waals surface area contributed by atoms with Crippen molar-refractivity contribution >= 4 is 39.5 Å². The van der Waals surface area contributed by atoms with E-state index in [1.807, 2.05) is 18.3 Å². The van der Waals surface area contributed by atoms with Crippen LogP contribution in [0.15, 0.2) is 24.4 Å². The second-order valence-electron chi connectivity index (χ2n) is 4.12. The van der Waals surface area contributed by atoms with Gasteiger partial charge >= 0.3 is 0 Å². The summed E-state index contributed by atoms with van der Waals surface area (Å²) in [5.74, 6) is 0. The molecule has 5 heteroatoms. The first-order valence-electron chi connectivity index (χ1n) is 5.47. The molecule has 0 aliphatic heterocycles. The van der Waals surface area contributed by atoms with Gasteiger partial charge in [-0.25, -0.2) is 4.98 Å². The first-order chi connectivity index (χ1) is 8.58. The number of halogens is 2. The summed E-state index contributed by atoms with van der Waals surface area (Å²) in [4.78, 5) is 6.87. The number of hydrogen-bond donors (Lipinski definition) is 0. The lowest BCUT2D eigenvalue weighted by Crippen LogP contribution is -1.82. The molecular formula is C13H10Cl2N2S. The van der Waals surface area contributed by atoms with Crippen LogP contribution in [-0.2, 0) is 0 Å². The topological polar surface area (TPSA) is 17.3 Å². The molecule has 0 N–H and O–H groups in total. The van der Waals surface area contributed by atoms with E-state index in [4.69, 9.17) is 23.2 Å². The van der Waals surface area contributed by atoms with E-state index in [1.54, 1.807) is 17.4 Å². The van der Waals surface area contributed by atoms with Crippen molar-refractivity contribution in [3.05, 3.63) is 45.0 Å². The summed E-state index contributed by atoms with van der Waals surface area (Å²) in [5, 5.41) is 1.11. The molecule has 2 heterocycles. The highest BCUT2D eigenvalue weighted by Gasteiger charge is 2.13. The van der Waals surface area contributed by atoms with E-state index in [9.17, 15) is 0 Å². The zero-order valence-corrected chi connectivity index (χ0v) is 12.2. The van der Waals surface area contributed by atoms with Crippen LogP contribution in [0, 0.1) is 13.8 Å². The third-order valence-electron chi connectivity index (χ3n) is 3.02. The summed E-state index contributed by atoms with van der Waals surface area (Å²) < 4.78 is 2.09. The number of imidazole rings is 1. The predicted octanol–water partition coefficient (Wildman–Crippen LogP) is 4.99. The van der Waals surface area contributed by atoms with Crippen molar-refractivity contribution in [2.75, 3.05) is 0 Å². The second-order valence-corrected chi connectivity index (χ2v) is 6.09. The smallest absolute Gasteiger partial charge is 0.194 e. The first kappa shape index (κ1) is 12.0. The number of aryl methyl sites for hydroxylation is 2. The quantitative estimate of drug-likeness (QED) is 0.618. The van der Waals surface area contributed by atoms with Gasteiger partial charge in [-0.1, -0.05) is 35.3 Å². The van der Waals surface area contributed by atoms with Gasteiger partial charge in [-0.15, -0.1) is 11.3 Å². The minimum absolute atomic E-state index is 0.554. The molecule has 0 atom stereocenters. The van der Waals surface area contributed by atoms with Crippen molar-refractivity contribution in [1.82, 2.24) is 9.38 Å². The van der Waals surface area contributed by atoms with Crippen molar-refractivity contribution in [3.8, 4) is 11.3 Å². The Morgan fingerprint density at radius 3 is 2.72 bits per heavy atom. The minimum Gasteiger partial charge on any atom is -0.294 e. The average Bonchev–Trinajstić information content (AvgIpc) is 2.85. The summed E-state index contributed by atoms with van der Waals surface area (Å²) in [6.45, 7) is 4.19. The second kappa shape index (κ2) is 4.26. The standard InChI is InChI=1S/C13H10Cl2N2S/c1-7-8(2)18-13-16-11(6-17(7)13)9-4-3-5-10(14)12(9)15/h3-6H,1-2H3. The fraction of sp³-hybridized carbons (Fsp3) is 0.154. The van der Waals surface area contributed by atoms with Crippen LogP contribution in [0.25, 0.3) is 16.2 Å². The Bertz CT molecular complexity index is 743. The van der Waals surface area contributed by atoms with Crippen LogP contribution in [0.5, 0.6) is 0 Å². The molecule has 0 saturated heterocycles. The number of hydrogen-bond acceptors (Lipinski definition) is 2. The van der Waals surface area contributed by atoms with Crippen LogP contribution in [0.4, 0.5) is 0 Å². The molecule has 92 valence electrons. The molecule has 0 radical (unpaired) electrons. The van der Waals surface area contributed by atoms with E-state index in [-0.39, 0.29) is 0 Å². The van der Waals surface area contributed by atoms with Gasteiger partial charge in [0.05, 0.1) is 15.7 Å². The van der Waals surface area contributed by atoms with Crippen LogP contribution in [0.2, 0.25) is 10.0 Å². The normalized spacial score (nSPS) is 11.3. The highest BCUT2D eigenvalue weighted by molar-refractivity contribution is 7.17. The van der Waals surface area contributed by atoms with Crippen LogP contribution < -0.4 is 0 Å². The van der Waals surface area contributed by atoms with Crippen LogP contribution in [-0.4, -0.2) is 9.38 Å². The summed E-state index contributed by atoms with van der Waals surface area (Å²) in [5.41, 5.74) is 2.95. The number of aromatic nitrogens is 2. The Hall–Kier alpha value is -1.03. The molecule has 18 heavy (non-hydrogen) atoms. The van der Waals surface area contributed by atoms with Gasteiger partial charge in [-0.3, -0.25) is 4.40 Å². The number of rotatable bonds is 1. The maximum Gasteiger partial charge on any atom is 0.194 e. The number of thiazole rings is 1. The lowest BCUT2D eigenvalue weighted by Gasteiger charge is -2.01. The van der Waals surface area contributed by atoms with E-state index >= 15 is 0 Å². The van der Waals surface area contributed by atoms with Gasteiger partial charge < -0.3 is 0 Å². The Morgan fingerprint density at radius 1 is 1.22 bits per heavy atom. The van der Waals surface area contributed by atoms with Crippen molar-refractivity contribution in [3.63, 3.8) is 0 Å². The molecule has 0 aliphatic carbocycles. The zero-order chi connectivity index (χ0) is 12.9. The lowest BCUT2D eigenvalue weighted by molar-refractivity contribution is 1.11. The van der Waals surface area contributed by atoms with Gasteiger partial charge in [0.2, 0.25) is 0 Å². The molecule has 0 saturated carbocycles.